The summed E-state index contributed by atoms with van der Waals surface area (Å²) < 4.78 is 0. The molecule has 1 aliphatic carbocycles. The number of nitrogens with one attached hydrogen (secondary N) is 2. The van der Waals surface area contributed by atoms with Gasteiger partial charge in [0, 0.05) is 30.4 Å². The van der Waals surface area contributed by atoms with E-state index in [9.17, 15) is 0 Å². The van der Waals surface area contributed by atoms with E-state index < -0.39 is 0 Å². The molecule has 0 radical (unpaired) electrons. The molecule has 2 aliphatic rings. The zero-order valence-corrected chi connectivity index (χ0v) is 11.5. The maximum Gasteiger partial charge on any atom is 0.0638 e. The summed E-state index contributed by atoms with van der Waals surface area (Å²) in [7, 11) is 0. The van der Waals surface area contributed by atoms with E-state index in [1.165, 1.54) is 43.6 Å². The van der Waals surface area contributed by atoms with Gasteiger partial charge in [-0.15, -0.1) is 0 Å². The highest BCUT2D eigenvalue weighted by Gasteiger charge is 2.33. The fraction of sp³-hybridized carbons (Fsp3) is 0.786. The maximum atomic E-state index is 4.24. The van der Waals surface area contributed by atoms with Crippen molar-refractivity contribution in [3.63, 3.8) is 0 Å². The highest BCUT2D eigenvalue weighted by atomic mass is 15.2. The number of hydrogen-bond donors (Lipinski definition) is 2. The van der Waals surface area contributed by atoms with E-state index in [1.54, 1.807) is 0 Å². The van der Waals surface area contributed by atoms with Crippen LogP contribution in [0.25, 0.3) is 0 Å². The van der Waals surface area contributed by atoms with Gasteiger partial charge in [0.25, 0.3) is 0 Å². The monoisotopic (exact) mass is 248 g/mol. The first-order valence-electron chi connectivity index (χ1n) is 7.19. The van der Waals surface area contributed by atoms with Crippen molar-refractivity contribution >= 4 is 0 Å². The average molecular weight is 248 g/mol. The number of nitrogens with zero attached hydrogens (tertiary/aromatic N) is 2. The van der Waals surface area contributed by atoms with E-state index in [-0.39, 0.29) is 0 Å². The van der Waals surface area contributed by atoms with Gasteiger partial charge < -0.3 is 10.2 Å². The molecule has 1 unspecified atom stereocenters. The van der Waals surface area contributed by atoms with Crippen molar-refractivity contribution in [2.45, 2.75) is 45.7 Å². The molecular weight excluding hydrogens is 224 g/mol. The Bertz CT molecular complexity index is 388. The van der Waals surface area contributed by atoms with Crippen molar-refractivity contribution < 1.29 is 0 Å². The lowest BCUT2D eigenvalue weighted by Crippen LogP contribution is -2.27. The normalized spacial score (nSPS) is 24.9. The Kier molecular flexibility index (Phi) is 3.39. The number of H-pyrrole nitrogens is 1. The molecule has 4 nitrogen and oxygen atoms in total. The van der Waals surface area contributed by atoms with Gasteiger partial charge in [0.15, 0.2) is 0 Å². The summed E-state index contributed by atoms with van der Waals surface area (Å²) in [5.41, 5.74) is 3.67. The maximum absolute atomic E-state index is 4.24. The first-order chi connectivity index (χ1) is 8.74. The zero-order chi connectivity index (χ0) is 12.5. The molecule has 0 aromatic carbocycles. The molecule has 0 spiro atoms. The third-order valence-electron chi connectivity index (χ3n) is 4.40. The van der Waals surface area contributed by atoms with Crippen LogP contribution in [0.5, 0.6) is 0 Å². The van der Waals surface area contributed by atoms with Crippen LogP contribution in [0.3, 0.4) is 0 Å². The lowest BCUT2D eigenvalue weighted by Gasteiger charge is -2.15. The summed E-state index contributed by atoms with van der Waals surface area (Å²) in [5.74, 6) is 0.845. The Labute approximate surface area is 109 Å². The van der Waals surface area contributed by atoms with Crippen LogP contribution in [0.1, 0.15) is 36.2 Å². The Morgan fingerprint density at radius 2 is 2.17 bits per heavy atom. The number of likely N-dealkylation sites (tertiary alicyclic amines) is 1. The van der Waals surface area contributed by atoms with E-state index >= 15 is 0 Å². The van der Waals surface area contributed by atoms with Crippen LogP contribution in [-0.2, 0) is 6.54 Å². The number of aryl methyl sites for hydroxylation is 2. The largest absolute Gasteiger partial charge is 0.312 e. The molecule has 3 rings (SSSR count). The molecule has 18 heavy (non-hydrogen) atoms. The highest BCUT2D eigenvalue weighted by molar-refractivity contribution is 5.22. The lowest BCUT2D eigenvalue weighted by atomic mass is 10.1. The van der Waals surface area contributed by atoms with Gasteiger partial charge in [-0.2, -0.15) is 5.10 Å². The molecule has 1 saturated heterocycles. The smallest absolute Gasteiger partial charge is 0.0638 e. The van der Waals surface area contributed by atoms with Crippen LogP contribution >= 0.6 is 0 Å². The predicted molar refractivity (Wildman–Crippen MR) is 72.5 cm³/mol. The first kappa shape index (κ1) is 12.2. The van der Waals surface area contributed by atoms with E-state index in [0.717, 1.165) is 30.7 Å². The van der Waals surface area contributed by atoms with Gasteiger partial charge in [-0.25, -0.2) is 0 Å². The van der Waals surface area contributed by atoms with Gasteiger partial charge in [-0.1, -0.05) is 0 Å². The van der Waals surface area contributed by atoms with Crippen molar-refractivity contribution in [1.82, 2.24) is 20.4 Å². The molecule has 4 heteroatoms. The van der Waals surface area contributed by atoms with Crippen LogP contribution in [0.2, 0.25) is 0 Å². The topological polar surface area (TPSA) is 44.0 Å². The summed E-state index contributed by atoms with van der Waals surface area (Å²) in [6.45, 7) is 8.90. The summed E-state index contributed by atoms with van der Waals surface area (Å²) in [5, 5.41) is 10.9. The number of hydrogen-bond acceptors (Lipinski definition) is 3. The first-order valence-corrected chi connectivity index (χ1v) is 7.19. The highest BCUT2D eigenvalue weighted by Crippen LogP contribution is 2.31. The molecule has 100 valence electrons. The summed E-state index contributed by atoms with van der Waals surface area (Å²) in [6.07, 6.45) is 4.24. The quantitative estimate of drug-likeness (QED) is 0.832. The second-order valence-electron chi connectivity index (χ2n) is 5.92. The van der Waals surface area contributed by atoms with Crippen molar-refractivity contribution in [3.8, 4) is 0 Å². The van der Waals surface area contributed by atoms with Crippen molar-refractivity contribution in [2.75, 3.05) is 19.6 Å². The third-order valence-corrected chi connectivity index (χ3v) is 4.40. The van der Waals surface area contributed by atoms with Crippen molar-refractivity contribution in [1.29, 1.82) is 0 Å². The van der Waals surface area contributed by atoms with E-state index in [4.69, 9.17) is 0 Å². The Hall–Kier alpha value is -0.870. The fourth-order valence-corrected chi connectivity index (χ4v) is 3.04. The van der Waals surface area contributed by atoms with Crippen LogP contribution in [-0.4, -0.2) is 40.8 Å². The molecule has 1 aliphatic heterocycles. The molecule has 2 heterocycles. The van der Waals surface area contributed by atoms with Gasteiger partial charge in [0.1, 0.15) is 0 Å². The molecule has 1 atom stereocenters. The van der Waals surface area contributed by atoms with Gasteiger partial charge in [0.05, 0.1) is 5.69 Å². The number of aromatic nitrogens is 2. The lowest BCUT2D eigenvalue weighted by molar-refractivity contribution is 0.312. The molecule has 2 N–H and O–H groups in total. The SMILES string of the molecule is Cc1n[nH]c(C)c1CNCC1CCN(C2CC2)C1. The van der Waals surface area contributed by atoms with Gasteiger partial charge >= 0.3 is 0 Å². The fourth-order valence-electron chi connectivity index (χ4n) is 3.04. The number of rotatable bonds is 5. The van der Waals surface area contributed by atoms with E-state index in [2.05, 4.69) is 34.3 Å². The van der Waals surface area contributed by atoms with Crippen LogP contribution in [0.15, 0.2) is 0 Å². The van der Waals surface area contributed by atoms with E-state index in [0.29, 0.717) is 0 Å². The van der Waals surface area contributed by atoms with Gasteiger partial charge in [-0.3, -0.25) is 5.10 Å². The summed E-state index contributed by atoms with van der Waals surface area (Å²) in [4.78, 5) is 2.68. The Morgan fingerprint density at radius 3 is 2.83 bits per heavy atom. The van der Waals surface area contributed by atoms with Crippen LogP contribution in [0.4, 0.5) is 0 Å². The van der Waals surface area contributed by atoms with Crippen LogP contribution in [0, 0.1) is 19.8 Å². The third kappa shape index (κ3) is 2.59. The molecular formula is C14H24N4. The molecule has 1 aromatic rings. The molecule has 0 amide bonds. The van der Waals surface area contributed by atoms with Crippen molar-refractivity contribution in [2.24, 2.45) is 5.92 Å². The number of aromatic amines is 1. The zero-order valence-electron chi connectivity index (χ0n) is 11.5. The Balaban J connectivity index is 1.42. The Morgan fingerprint density at radius 1 is 1.33 bits per heavy atom. The molecule has 1 aromatic heterocycles. The van der Waals surface area contributed by atoms with Gasteiger partial charge in [-0.05, 0) is 52.1 Å². The average Bonchev–Trinajstić information content (AvgIpc) is 3.03. The predicted octanol–water partition coefficient (Wildman–Crippen LogP) is 1.60. The van der Waals surface area contributed by atoms with Gasteiger partial charge in [0.2, 0.25) is 0 Å². The molecule has 1 saturated carbocycles. The minimum absolute atomic E-state index is 0.845. The standard InChI is InChI=1S/C14H24N4/c1-10-14(11(2)17-16-10)8-15-7-12-5-6-18(9-12)13-3-4-13/h12-13,15H,3-9H2,1-2H3,(H,16,17). The van der Waals surface area contributed by atoms with E-state index in [1.807, 2.05) is 0 Å². The molecule has 2 fully saturated rings. The summed E-state index contributed by atoms with van der Waals surface area (Å²) in [6, 6.07) is 0.938. The second kappa shape index (κ2) is 5.02. The minimum atomic E-state index is 0.845. The summed E-state index contributed by atoms with van der Waals surface area (Å²) >= 11 is 0. The van der Waals surface area contributed by atoms with Crippen LogP contribution < -0.4 is 5.32 Å². The van der Waals surface area contributed by atoms with Crippen molar-refractivity contribution in [3.05, 3.63) is 17.0 Å². The minimum Gasteiger partial charge on any atom is -0.312 e. The molecule has 0 bridgehead atoms. The second-order valence-corrected chi connectivity index (χ2v) is 5.92.